The van der Waals surface area contributed by atoms with Gasteiger partial charge in [0.15, 0.2) is 5.13 Å². The summed E-state index contributed by atoms with van der Waals surface area (Å²) in [6, 6.07) is 18.1. The number of benzene rings is 2. The first-order valence-corrected chi connectivity index (χ1v) is 19.0. The van der Waals surface area contributed by atoms with Crippen LogP contribution in [0.3, 0.4) is 0 Å². The molecule has 272 valence electrons. The molecule has 2 aromatic heterocycles. The number of aromatic nitrogens is 2. The van der Waals surface area contributed by atoms with E-state index in [-0.39, 0.29) is 32.0 Å². The number of anilines is 1. The quantitative estimate of drug-likeness (QED) is 0.0984. The van der Waals surface area contributed by atoms with E-state index in [0.29, 0.717) is 18.5 Å². The minimum atomic E-state index is -1.70. The summed E-state index contributed by atoms with van der Waals surface area (Å²) in [5.41, 5.74) is 2.43. The Morgan fingerprint density at radius 2 is 1.61 bits per heavy atom. The number of nitrogens with zero attached hydrogens (tertiary/aromatic N) is 3. The van der Waals surface area contributed by atoms with Gasteiger partial charge in [0.25, 0.3) is 0 Å². The summed E-state index contributed by atoms with van der Waals surface area (Å²) in [4.78, 5) is 52.2. The second-order valence-corrected chi connectivity index (χ2v) is 14.8. The molecule has 0 radical (unpaired) electrons. The highest BCUT2D eigenvalue weighted by molar-refractivity contribution is 7.13. The zero-order chi connectivity index (χ0) is 36.1. The summed E-state index contributed by atoms with van der Waals surface area (Å²) in [5, 5.41) is 23.2. The van der Waals surface area contributed by atoms with Crippen molar-refractivity contribution in [2.45, 2.75) is 83.4 Å². The van der Waals surface area contributed by atoms with Crippen LogP contribution in [0, 0.1) is 5.92 Å². The number of thiazole rings is 2. The van der Waals surface area contributed by atoms with E-state index in [9.17, 15) is 19.5 Å². The van der Waals surface area contributed by atoms with Crippen LogP contribution in [0.15, 0.2) is 77.8 Å². The topological polar surface area (TPSA) is 155 Å². The molecule has 4 aromatic rings. The first-order chi connectivity index (χ1) is 24.7. The maximum atomic E-state index is 14.2. The van der Waals surface area contributed by atoms with Crippen LogP contribution in [0.2, 0.25) is 0 Å². The molecule has 0 aliphatic carbocycles. The largest absolute Gasteiger partial charge is 0.444 e. The smallest absolute Gasteiger partial charge is 0.409 e. The minimum Gasteiger partial charge on any atom is -0.444 e. The van der Waals surface area contributed by atoms with Crippen LogP contribution >= 0.6 is 22.7 Å². The van der Waals surface area contributed by atoms with Crippen molar-refractivity contribution in [3.8, 4) is 0 Å². The van der Waals surface area contributed by atoms with Crippen LogP contribution < -0.4 is 20.9 Å². The molecule has 51 heavy (non-hydrogen) atoms. The van der Waals surface area contributed by atoms with Gasteiger partial charge < -0.3 is 30.1 Å². The van der Waals surface area contributed by atoms with Crippen LogP contribution in [-0.4, -0.2) is 64.1 Å². The molecule has 3 heterocycles. The molecular formula is C37H46N6O6S2. The van der Waals surface area contributed by atoms with E-state index in [1.807, 2.05) is 66.0 Å². The van der Waals surface area contributed by atoms with Gasteiger partial charge in [-0.2, -0.15) is 0 Å². The number of aliphatic hydroxyl groups excluding tert-OH is 1. The Morgan fingerprint density at radius 1 is 0.922 bits per heavy atom. The lowest BCUT2D eigenvalue weighted by Gasteiger charge is -2.40. The molecule has 1 saturated heterocycles. The highest BCUT2D eigenvalue weighted by atomic mass is 32.1. The van der Waals surface area contributed by atoms with Crippen molar-refractivity contribution in [3.63, 3.8) is 0 Å². The summed E-state index contributed by atoms with van der Waals surface area (Å²) in [6.45, 7) is 5.43. The van der Waals surface area contributed by atoms with Gasteiger partial charge in [-0.15, -0.1) is 22.7 Å². The van der Waals surface area contributed by atoms with E-state index in [4.69, 9.17) is 9.47 Å². The summed E-state index contributed by atoms with van der Waals surface area (Å²) >= 11 is 2.85. The molecule has 5 rings (SSSR count). The van der Waals surface area contributed by atoms with Crippen LogP contribution in [0.5, 0.6) is 0 Å². The zero-order valence-electron chi connectivity index (χ0n) is 29.0. The molecule has 14 heteroatoms. The molecule has 3 amide bonds. The molecule has 12 nitrogen and oxygen atoms in total. The molecule has 2 aromatic carbocycles. The van der Waals surface area contributed by atoms with Crippen molar-refractivity contribution in [1.29, 1.82) is 0 Å². The van der Waals surface area contributed by atoms with E-state index in [0.717, 1.165) is 47.1 Å². The van der Waals surface area contributed by atoms with E-state index < -0.39 is 35.9 Å². The number of nitrogens with one attached hydrogen (secondary N) is 3. The van der Waals surface area contributed by atoms with Gasteiger partial charge >= 0.3 is 12.2 Å². The predicted molar refractivity (Wildman–Crippen MR) is 197 cm³/mol. The van der Waals surface area contributed by atoms with E-state index in [1.54, 1.807) is 25.6 Å². The Kier molecular flexibility index (Phi) is 13.8. The first-order valence-electron chi connectivity index (χ1n) is 17.2. The average molecular weight is 735 g/mol. The molecule has 1 aliphatic rings. The standard InChI is InChI=1S/C37H46N6O6S2/c1-26(2)32(40-35(46)48-22-29-24-50-34(39-29)43-18-9-10-19-43)33(45)41-37(20-28-14-7-4-8-15-28,42-36(47)49-23-30-21-38-25-51-30)31(44)17-11-16-27-12-5-3-6-13-27/h3-8,12-15,21,24-26,31-32,44H,9-11,16-20,22-23H2,1-2H3,(H,40,46)(H,41,45)(H,42,47)/t31-,32-,37-/m0/s1. The van der Waals surface area contributed by atoms with Crippen molar-refractivity contribution in [2.75, 3.05) is 18.0 Å². The highest BCUT2D eigenvalue weighted by Gasteiger charge is 2.43. The molecule has 0 spiro atoms. The lowest BCUT2D eigenvalue weighted by molar-refractivity contribution is -0.128. The zero-order valence-corrected chi connectivity index (χ0v) is 30.6. The fraction of sp³-hybridized carbons (Fsp3) is 0.432. The van der Waals surface area contributed by atoms with Crippen molar-refractivity contribution < 1.29 is 29.0 Å². The van der Waals surface area contributed by atoms with Crippen LogP contribution in [0.4, 0.5) is 14.7 Å². The Balaban J connectivity index is 1.32. The fourth-order valence-electron chi connectivity index (χ4n) is 5.94. The third-order valence-corrected chi connectivity index (χ3v) is 10.4. The van der Waals surface area contributed by atoms with E-state index in [2.05, 4.69) is 30.8 Å². The second kappa shape index (κ2) is 18.6. The number of rotatable bonds is 17. The number of carbonyl (C=O) groups is 3. The maximum Gasteiger partial charge on any atom is 0.409 e. The van der Waals surface area contributed by atoms with E-state index >= 15 is 0 Å². The monoisotopic (exact) mass is 734 g/mol. The summed E-state index contributed by atoms with van der Waals surface area (Å²) in [7, 11) is 0. The summed E-state index contributed by atoms with van der Waals surface area (Å²) < 4.78 is 11.0. The van der Waals surface area contributed by atoms with Gasteiger partial charge in [-0.05, 0) is 49.1 Å². The maximum absolute atomic E-state index is 14.2. The van der Waals surface area contributed by atoms with Crippen molar-refractivity contribution in [1.82, 2.24) is 25.9 Å². The molecule has 0 bridgehead atoms. The van der Waals surface area contributed by atoms with Gasteiger partial charge in [-0.1, -0.05) is 74.5 Å². The third-order valence-electron chi connectivity index (χ3n) is 8.67. The number of hydrogen-bond acceptors (Lipinski definition) is 11. The van der Waals surface area contributed by atoms with Crippen LogP contribution in [0.1, 0.15) is 61.2 Å². The number of alkyl carbamates (subject to hydrolysis) is 2. The lowest BCUT2D eigenvalue weighted by atomic mass is 9.89. The number of amides is 3. The number of hydrogen-bond donors (Lipinski definition) is 4. The number of carbonyl (C=O) groups excluding carboxylic acids is 3. The van der Waals surface area contributed by atoms with Crippen molar-refractivity contribution in [2.24, 2.45) is 5.92 Å². The van der Waals surface area contributed by atoms with Gasteiger partial charge in [-0.25, -0.2) is 14.6 Å². The molecule has 0 unspecified atom stereocenters. The molecule has 0 saturated carbocycles. The third kappa shape index (κ3) is 11.2. The highest BCUT2D eigenvalue weighted by Crippen LogP contribution is 2.25. The summed E-state index contributed by atoms with van der Waals surface area (Å²) in [5.74, 6) is -0.978. The second-order valence-electron chi connectivity index (χ2n) is 12.9. The lowest BCUT2D eigenvalue weighted by Crippen LogP contribution is -2.70. The first kappa shape index (κ1) is 37.7. The van der Waals surface area contributed by atoms with E-state index in [1.165, 1.54) is 22.7 Å². The van der Waals surface area contributed by atoms with Gasteiger partial charge in [0, 0.05) is 31.1 Å². The number of aliphatic hydroxyl groups is 1. The Labute approximate surface area is 306 Å². The average Bonchev–Trinajstić information content (AvgIpc) is 3.93. The predicted octanol–water partition coefficient (Wildman–Crippen LogP) is 5.82. The van der Waals surface area contributed by atoms with Crippen molar-refractivity contribution >= 4 is 45.9 Å². The molecular weight excluding hydrogens is 689 g/mol. The van der Waals surface area contributed by atoms with Crippen molar-refractivity contribution in [3.05, 3.63) is 99.4 Å². The fourth-order valence-corrected chi connectivity index (χ4v) is 7.31. The number of aryl methyl sites for hydroxylation is 1. The summed E-state index contributed by atoms with van der Waals surface area (Å²) in [6.07, 6.45) is 2.56. The Morgan fingerprint density at radius 3 is 2.27 bits per heavy atom. The molecule has 4 N–H and O–H groups in total. The normalized spacial score (nSPS) is 15.1. The SMILES string of the molecule is CC(C)[C@H](NC(=O)OCc1csc(N2CCCC2)n1)C(=O)N[C@@](Cc1ccccc1)(NC(=O)OCc1cncs1)[C@@H](O)CCCc1ccccc1. The number of ether oxygens (including phenoxy) is 2. The Bertz CT molecular complexity index is 1670. The van der Waals surface area contributed by atoms with Gasteiger partial charge in [0.05, 0.1) is 22.2 Å². The van der Waals surface area contributed by atoms with Crippen LogP contribution in [-0.2, 0) is 40.3 Å². The van der Waals surface area contributed by atoms with Gasteiger partial charge in [-0.3, -0.25) is 15.1 Å². The molecule has 3 atom stereocenters. The van der Waals surface area contributed by atoms with Crippen LogP contribution in [0.25, 0.3) is 0 Å². The Hall–Kier alpha value is -4.53. The molecule has 1 fully saturated rings. The van der Waals surface area contributed by atoms with Gasteiger partial charge in [0.2, 0.25) is 5.91 Å². The van der Waals surface area contributed by atoms with Gasteiger partial charge in [0.1, 0.15) is 24.9 Å². The molecule has 1 aliphatic heterocycles. The minimum absolute atomic E-state index is 0.0313.